The minimum Gasteiger partial charge on any atom is -0.439 e. The van der Waals surface area contributed by atoms with E-state index < -0.39 is 0 Å². The highest BCUT2D eigenvalue weighted by Crippen LogP contribution is 2.41. The zero-order valence-corrected chi connectivity index (χ0v) is 24.4. The second-order valence-electron chi connectivity index (χ2n) is 11.1. The Morgan fingerprint density at radius 1 is 0.923 bits per heavy atom. The predicted molar refractivity (Wildman–Crippen MR) is 160 cm³/mol. The van der Waals surface area contributed by atoms with Gasteiger partial charge in [-0.2, -0.15) is 10.1 Å². The minimum absolute atomic E-state index is 0.262. The third kappa shape index (κ3) is 6.37. The molecule has 39 heavy (non-hydrogen) atoms. The van der Waals surface area contributed by atoms with Crippen molar-refractivity contribution in [1.82, 2.24) is 24.6 Å². The van der Waals surface area contributed by atoms with E-state index in [2.05, 4.69) is 78.6 Å². The molecular formula is C30H37N7OS. The molecule has 4 aromatic rings. The molecule has 1 aliphatic rings. The van der Waals surface area contributed by atoms with E-state index in [4.69, 9.17) is 14.7 Å². The van der Waals surface area contributed by atoms with Gasteiger partial charge in [0.05, 0.1) is 16.8 Å². The molecule has 3 heterocycles. The van der Waals surface area contributed by atoms with Gasteiger partial charge in [0.2, 0.25) is 11.8 Å². The molecule has 1 aliphatic heterocycles. The SMILES string of the molecule is Cc1ccccc1-c1nc(NSc2cnn(C)c2)nc(Oc2ccc(N3CCN(C)CC3)cc2)c1C(C)(C)C. The van der Waals surface area contributed by atoms with Crippen LogP contribution in [-0.4, -0.2) is 57.9 Å². The van der Waals surface area contributed by atoms with Gasteiger partial charge < -0.3 is 14.5 Å². The van der Waals surface area contributed by atoms with Gasteiger partial charge >= 0.3 is 0 Å². The van der Waals surface area contributed by atoms with Crippen molar-refractivity contribution in [3.8, 4) is 22.9 Å². The molecule has 8 nitrogen and oxygen atoms in total. The minimum atomic E-state index is -0.262. The smallest absolute Gasteiger partial charge is 0.237 e. The van der Waals surface area contributed by atoms with Gasteiger partial charge in [0, 0.05) is 56.2 Å². The van der Waals surface area contributed by atoms with E-state index >= 15 is 0 Å². The van der Waals surface area contributed by atoms with Gasteiger partial charge in [-0.3, -0.25) is 9.40 Å². The van der Waals surface area contributed by atoms with E-state index in [1.54, 1.807) is 4.68 Å². The standard InChI is InChI=1S/C30H37N7OS/c1-21-9-7-8-10-25(21)27-26(30(2,3)4)28(33-29(32-27)34-39-24-19-31-36(6)20-24)38-23-13-11-22(12-14-23)37-17-15-35(5)16-18-37/h7-14,19-20H,15-18H2,1-6H3,(H,32,33,34). The topological polar surface area (TPSA) is 71.3 Å². The molecule has 1 fully saturated rings. The first-order valence-electron chi connectivity index (χ1n) is 13.3. The Morgan fingerprint density at radius 2 is 1.64 bits per heavy atom. The normalized spacial score (nSPS) is 14.5. The molecule has 0 amide bonds. The van der Waals surface area contributed by atoms with Crippen molar-refractivity contribution in [3.63, 3.8) is 0 Å². The molecule has 0 saturated carbocycles. The molecule has 0 spiro atoms. The van der Waals surface area contributed by atoms with Crippen LogP contribution < -0.4 is 14.4 Å². The number of hydrogen-bond donors (Lipinski definition) is 1. The fraction of sp³-hybridized carbons (Fsp3) is 0.367. The lowest BCUT2D eigenvalue weighted by atomic mass is 9.84. The summed E-state index contributed by atoms with van der Waals surface area (Å²) < 4.78 is 11.6. The maximum Gasteiger partial charge on any atom is 0.237 e. The van der Waals surface area contributed by atoms with E-state index in [1.807, 2.05) is 43.7 Å². The fourth-order valence-corrected chi connectivity index (χ4v) is 5.33. The van der Waals surface area contributed by atoms with Gasteiger partial charge in [-0.1, -0.05) is 45.0 Å². The number of piperazine rings is 1. The lowest BCUT2D eigenvalue weighted by Gasteiger charge is -2.34. The summed E-state index contributed by atoms with van der Waals surface area (Å²) in [6.07, 6.45) is 3.76. The summed E-state index contributed by atoms with van der Waals surface area (Å²) in [6, 6.07) is 16.7. The second kappa shape index (κ2) is 11.3. The van der Waals surface area contributed by atoms with Crippen LogP contribution in [0, 0.1) is 6.92 Å². The van der Waals surface area contributed by atoms with Crippen LogP contribution in [0.1, 0.15) is 31.9 Å². The first-order chi connectivity index (χ1) is 18.7. The van der Waals surface area contributed by atoms with Crippen molar-refractivity contribution >= 4 is 23.6 Å². The quantitative estimate of drug-likeness (QED) is 0.279. The molecule has 5 rings (SSSR count). The summed E-state index contributed by atoms with van der Waals surface area (Å²) in [7, 11) is 4.07. The Hall–Kier alpha value is -3.56. The Labute approximate surface area is 235 Å². The number of rotatable bonds is 7. The Kier molecular flexibility index (Phi) is 7.81. The van der Waals surface area contributed by atoms with Crippen LogP contribution in [-0.2, 0) is 12.5 Å². The maximum atomic E-state index is 6.55. The molecule has 204 valence electrons. The van der Waals surface area contributed by atoms with Gasteiger partial charge in [-0.15, -0.1) is 0 Å². The highest BCUT2D eigenvalue weighted by atomic mass is 32.2. The molecule has 0 radical (unpaired) electrons. The molecule has 9 heteroatoms. The summed E-state index contributed by atoms with van der Waals surface area (Å²) in [6.45, 7) is 12.8. The molecule has 0 bridgehead atoms. The molecule has 1 N–H and O–H groups in total. The Bertz CT molecular complexity index is 1420. The van der Waals surface area contributed by atoms with E-state index in [-0.39, 0.29) is 5.41 Å². The van der Waals surface area contributed by atoms with E-state index in [0.29, 0.717) is 11.8 Å². The Morgan fingerprint density at radius 3 is 2.28 bits per heavy atom. The van der Waals surface area contributed by atoms with E-state index in [0.717, 1.165) is 59.2 Å². The van der Waals surface area contributed by atoms with Gasteiger partial charge in [-0.25, -0.2) is 4.98 Å². The van der Waals surface area contributed by atoms with Crippen LogP contribution >= 0.6 is 11.9 Å². The summed E-state index contributed by atoms with van der Waals surface area (Å²) in [4.78, 5) is 15.7. The van der Waals surface area contributed by atoms with E-state index in [9.17, 15) is 0 Å². The number of hydrogen-bond acceptors (Lipinski definition) is 8. The van der Waals surface area contributed by atoms with Crippen LogP contribution in [0.4, 0.5) is 11.6 Å². The molecule has 2 aromatic carbocycles. The van der Waals surface area contributed by atoms with Crippen molar-refractivity contribution in [3.05, 3.63) is 72.1 Å². The van der Waals surface area contributed by atoms with Gasteiger partial charge in [-0.05, 0) is 61.2 Å². The lowest BCUT2D eigenvalue weighted by molar-refractivity contribution is 0.313. The van der Waals surface area contributed by atoms with Crippen LogP contribution in [0.25, 0.3) is 11.3 Å². The zero-order chi connectivity index (χ0) is 27.6. The maximum absolute atomic E-state index is 6.55. The zero-order valence-electron chi connectivity index (χ0n) is 23.6. The summed E-state index contributed by atoms with van der Waals surface area (Å²) in [5, 5.41) is 4.25. The van der Waals surface area contributed by atoms with Crippen LogP contribution in [0.5, 0.6) is 11.6 Å². The molecule has 0 aliphatic carbocycles. The third-order valence-corrected chi connectivity index (χ3v) is 7.62. The average molecular weight is 544 g/mol. The molecule has 2 aromatic heterocycles. The summed E-state index contributed by atoms with van der Waals surface area (Å²) in [5.74, 6) is 1.79. The van der Waals surface area contributed by atoms with Crippen LogP contribution in [0.15, 0.2) is 65.8 Å². The first-order valence-corrected chi connectivity index (χ1v) is 14.1. The lowest BCUT2D eigenvalue weighted by Crippen LogP contribution is -2.44. The van der Waals surface area contributed by atoms with E-state index in [1.165, 1.54) is 17.6 Å². The average Bonchev–Trinajstić information content (AvgIpc) is 3.33. The summed E-state index contributed by atoms with van der Waals surface area (Å²) >= 11 is 1.43. The number of nitrogens with zero attached hydrogens (tertiary/aromatic N) is 6. The van der Waals surface area contributed by atoms with Crippen molar-refractivity contribution in [1.29, 1.82) is 0 Å². The van der Waals surface area contributed by atoms with Crippen molar-refractivity contribution in [2.45, 2.75) is 38.0 Å². The summed E-state index contributed by atoms with van der Waals surface area (Å²) in [5.41, 5.74) is 5.00. The van der Waals surface area contributed by atoms with Crippen LogP contribution in [0.2, 0.25) is 0 Å². The van der Waals surface area contributed by atoms with Gasteiger partial charge in [0.1, 0.15) is 5.75 Å². The number of anilines is 2. The van der Waals surface area contributed by atoms with Crippen LogP contribution in [0.3, 0.4) is 0 Å². The number of nitrogens with one attached hydrogen (secondary N) is 1. The van der Waals surface area contributed by atoms with Gasteiger partial charge in [0.25, 0.3) is 0 Å². The second-order valence-corrected chi connectivity index (χ2v) is 12.0. The molecule has 0 atom stereocenters. The molecule has 0 unspecified atom stereocenters. The third-order valence-electron chi connectivity index (χ3n) is 6.89. The number of ether oxygens (including phenoxy) is 1. The monoisotopic (exact) mass is 543 g/mol. The molecule has 1 saturated heterocycles. The van der Waals surface area contributed by atoms with Gasteiger partial charge in [0.15, 0.2) is 0 Å². The number of aromatic nitrogens is 4. The van der Waals surface area contributed by atoms with Crippen molar-refractivity contribution in [2.24, 2.45) is 7.05 Å². The Balaban J connectivity index is 1.52. The van der Waals surface area contributed by atoms with Crippen molar-refractivity contribution in [2.75, 3.05) is 42.8 Å². The molecular weight excluding hydrogens is 506 g/mol. The predicted octanol–water partition coefficient (Wildman–Crippen LogP) is 6.15. The highest BCUT2D eigenvalue weighted by Gasteiger charge is 2.29. The number of aryl methyl sites for hydroxylation is 2. The largest absolute Gasteiger partial charge is 0.439 e. The fourth-order valence-electron chi connectivity index (χ4n) is 4.73. The number of likely N-dealkylation sites (N-methyl/N-ethyl adjacent to an activating group) is 1. The first kappa shape index (κ1) is 27.0. The number of benzene rings is 2. The highest BCUT2D eigenvalue weighted by molar-refractivity contribution is 8.00. The van der Waals surface area contributed by atoms with Crippen molar-refractivity contribution < 1.29 is 4.74 Å².